The summed E-state index contributed by atoms with van der Waals surface area (Å²) < 4.78 is 22.3. The van der Waals surface area contributed by atoms with Crippen LogP contribution in [0.4, 0.5) is 11.6 Å². The number of nitrogen functional groups attached to an aromatic ring is 1. The summed E-state index contributed by atoms with van der Waals surface area (Å²) in [7, 11) is -3.14. The molecule has 1 aromatic rings. The zero-order valence-electron chi connectivity index (χ0n) is 11.2. The Morgan fingerprint density at radius 1 is 1.39 bits per heavy atom. The number of anilines is 2. The summed E-state index contributed by atoms with van der Waals surface area (Å²) in [5.74, 6) is 1.56. The maximum absolute atomic E-state index is 11.6. The van der Waals surface area contributed by atoms with Gasteiger partial charge in [-0.05, 0) is 13.8 Å². The Hall–Kier alpha value is -1.37. The summed E-state index contributed by atoms with van der Waals surface area (Å²) in [6, 6.07) is 1.59. The largest absolute Gasteiger partial charge is 0.384 e. The second kappa shape index (κ2) is 5.09. The lowest BCUT2D eigenvalue weighted by Crippen LogP contribution is -2.38. The molecule has 0 radical (unpaired) electrons. The molecule has 0 atom stereocenters. The van der Waals surface area contributed by atoms with Crippen LogP contribution in [-0.2, 0) is 16.3 Å². The summed E-state index contributed by atoms with van der Waals surface area (Å²) in [6.07, 6.45) is 1.90. The van der Waals surface area contributed by atoms with Gasteiger partial charge in [-0.15, -0.1) is 0 Å². The van der Waals surface area contributed by atoms with E-state index in [0.29, 0.717) is 23.9 Å². The maximum atomic E-state index is 11.6. The minimum absolute atomic E-state index is 0.269. The number of aryl methyl sites for hydroxylation is 1. The minimum Gasteiger partial charge on any atom is -0.384 e. The fourth-order valence-electron chi connectivity index (χ4n) is 1.20. The van der Waals surface area contributed by atoms with Crippen molar-refractivity contribution in [3.8, 4) is 0 Å². The zero-order valence-corrected chi connectivity index (χ0v) is 12.0. The van der Waals surface area contributed by atoms with Gasteiger partial charge in [0.15, 0.2) is 9.84 Å². The van der Waals surface area contributed by atoms with E-state index in [1.165, 1.54) is 6.26 Å². The highest BCUT2D eigenvalue weighted by Crippen LogP contribution is 2.17. The maximum Gasteiger partial charge on any atom is 0.154 e. The first kappa shape index (κ1) is 14.7. The molecule has 102 valence electrons. The monoisotopic (exact) mass is 272 g/mol. The van der Waals surface area contributed by atoms with Crippen molar-refractivity contribution in [3.05, 3.63) is 11.9 Å². The lowest BCUT2D eigenvalue weighted by atomic mass is 10.2. The SMILES string of the molecule is CCc1nc(N)cc(NCC(C)(C)S(C)(=O)=O)n1. The second-order valence-electron chi connectivity index (χ2n) is 4.83. The molecule has 0 bridgehead atoms. The molecule has 18 heavy (non-hydrogen) atoms. The molecule has 6 nitrogen and oxygen atoms in total. The molecular formula is C11H20N4O2S. The van der Waals surface area contributed by atoms with Crippen LogP contribution in [0.5, 0.6) is 0 Å². The van der Waals surface area contributed by atoms with E-state index in [1.54, 1.807) is 19.9 Å². The fraction of sp³-hybridized carbons (Fsp3) is 0.636. The number of sulfone groups is 1. The summed E-state index contributed by atoms with van der Waals surface area (Å²) in [6.45, 7) is 5.53. The van der Waals surface area contributed by atoms with Crippen LogP contribution >= 0.6 is 0 Å². The molecule has 0 unspecified atom stereocenters. The Kier molecular flexibility index (Phi) is 4.16. The van der Waals surface area contributed by atoms with E-state index in [0.717, 1.165) is 0 Å². The van der Waals surface area contributed by atoms with Gasteiger partial charge in [-0.25, -0.2) is 18.4 Å². The van der Waals surface area contributed by atoms with Gasteiger partial charge >= 0.3 is 0 Å². The second-order valence-corrected chi connectivity index (χ2v) is 7.48. The van der Waals surface area contributed by atoms with Crippen molar-refractivity contribution in [2.75, 3.05) is 23.9 Å². The lowest BCUT2D eigenvalue weighted by Gasteiger charge is -2.23. The Balaban J connectivity index is 2.84. The van der Waals surface area contributed by atoms with Crippen LogP contribution in [0.25, 0.3) is 0 Å². The fourth-order valence-corrected chi connectivity index (χ4v) is 1.54. The summed E-state index contributed by atoms with van der Waals surface area (Å²) in [4.78, 5) is 8.29. The average molecular weight is 272 g/mol. The van der Waals surface area contributed by atoms with E-state index < -0.39 is 14.6 Å². The molecule has 1 rings (SSSR count). The molecular weight excluding hydrogens is 252 g/mol. The molecule has 7 heteroatoms. The normalized spacial score (nSPS) is 12.4. The smallest absolute Gasteiger partial charge is 0.154 e. The molecule has 0 amide bonds. The molecule has 3 N–H and O–H groups in total. The van der Waals surface area contributed by atoms with Gasteiger partial charge in [-0.2, -0.15) is 0 Å². The summed E-state index contributed by atoms with van der Waals surface area (Å²) >= 11 is 0. The van der Waals surface area contributed by atoms with Crippen molar-refractivity contribution in [2.24, 2.45) is 0 Å². The van der Waals surface area contributed by atoms with Crippen LogP contribution in [0.1, 0.15) is 26.6 Å². The van der Waals surface area contributed by atoms with Crippen LogP contribution < -0.4 is 11.1 Å². The van der Waals surface area contributed by atoms with Crippen molar-refractivity contribution in [2.45, 2.75) is 31.9 Å². The number of hydrogen-bond donors (Lipinski definition) is 2. The topological polar surface area (TPSA) is 98.0 Å². The Bertz CT molecular complexity index is 526. The quantitative estimate of drug-likeness (QED) is 0.825. The standard InChI is InChI=1S/C11H20N4O2S/c1-5-9-14-8(12)6-10(15-9)13-7-11(2,3)18(4,16)17/h6H,5,7H2,1-4H3,(H3,12,13,14,15). The lowest BCUT2D eigenvalue weighted by molar-refractivity contribution is 0.559. The van der Waals surface area contributed by atoms with Gasteiger partial charge in [0.25, 0.3) is 0 Å². The number of rotatable bonds is 5. The Morgan fingerprint density at radius 2 is 2.00 bits per heavy atom. The molecule has 0 aromatic carbocycles. The van der Waals surface area contributed by atoms with E-state index in [1.807, 2.05) is 6.92 Å². The number of hydrogen-bond acceptors (Lipinski definition) is 6. The highest BCUT2D eigenvalue weighted by atomic mass is 32.2. The van der Waals surface area contributed by atoms with E-state index in [9.17, 15) is 8.42 Å². The Labute approximate surface area is 108 Å². The molecule has 0 spiro atoms. The molecule has 1 aromatic heterocycles. The highest BCUT2D eigenvalue weighted by molar-refractivity contribution is 7.92. The number of nitrogens with two attached hydrogens (primary N) is 1. The first-order valence-corrected chi connectivity index (χ1v) is 7.62. The third kappa shape index (κ3) is 3.56. The predicted molar refractivity (Wildman–Crippen MR) is 73.2 cm³/mol. The van der Waals surface area contributed by atoms with Crippen molar-refractivity contribution in [1.82, 2.24) is 9.97 Å². The van der Waals surface area contributed by atoms with Gasteiger partial charge in [0.1, 0.15) is 17.5 Å². The molecule has 0 fully saturated rings. The first-order chi connectivity index (χ1) is 8.15. The van der Waals surface area contributed by atoms with Gasteiger partial charge in [0, 0.05) is 25.3 Å². The molecule has 0 aliphatic rings. The number of nitrogens with zero attached hydrogens (tertiary/aromatic N) is 2. The molecule has 0 saturated heterocycles. The third-order valence-corrected chi connectivity index (χ3v) is 4.96. The molecule has 0 saturated carbocycles. The van der Waals surface area contributed by atoms with Crippen LogP contribution in [0.15, 0.2) is 6.07 Å². The minimum atomic E-state index is -3.14. The van der Waals surface area contributed by atoms with Gasteiger partial charge in [-0.3, -0.25) is 0 Å². The van der Waals surface area contributed by atoms with Crippen molar-refractivity contribution >= 4 is 21.5 Å². The third-order valence-electron chi connectivity index (χ3n) is 2.81. The highest BCUT2D eigenvalue weighted by Gasteiger charge is 2.29. The van der Waals surface area contributed by atoms with Gasteiger partial charge < -0.3 is 11.1 Å². The first-order valence-electron chi connectivity index (χ1n) is 5.72. The summed E-state index contributed by atoms with van der Waals surface area (Å²) in [5, 5.41) is 3.00. The van der Waals surface area contributed by atoms with Crippen LogP contribution in [0, 0.1) is 0 Å². The van der Waals surface area contributed by atoms with E-state index in [4.69, 9.17) is 5.73 Å². The van der Waals surface area contributed by atoms with Gasteiger partial charge in [0.2, 0.25) is 0 Å². The van der Waals surface area contributed by atoms with Crippen LogP contribution in [0.3, 0.4) is 0 Å². The number of aromatic nitrogens is 2. The van der Waals surface area contributed by atoms with Gasteiger partial charge in [-0.1, -0.05) is 6.92 Å². The van der Waals surface area contributed by atoms with Crippen molar-refractivity contribution in [3.63, 3.8) is 0 Å². The van der Waals surface area contributed by atoms with E-state index >= 15 is 0 Å². The summed E-state index contributed by atoms with van der Waals surface area (Å²) in [5.41, 5.74) is 5.65. The van der Waals surface area contributed by atoms with Gasteiger partial charge in [0.05, 0.1) is 4.75 Å². The van der Waals surface area contributed by atoms with Crippen LogP contribution in [-0.4, -0.2) is 35.9 Å². The van der Waals surface area contributed by atoms with Crippen molar-refractivity contribution < 1.29 is 8.42 Å². The number of nitrogens with one attached hydrogen (secondary N) is 1. The van der Waals surface area contributed by atoms with E-state index in [-0.39, 0.29) is 6.54 Å². The van der Waals surface area contributed by atoms with Crippen molar-refractivity contribution in [1.29, 1.82) is 0 Å². The van der Waals surface area contributed by atoms with Crippen LogP contribution in [0.2, 0.25) is 0 Å². The van der Waals surface area contributed by atoms with E-state index in [2.05, 4.69) is 15.3 Å². The molecule has 0 aliphatic heterocycles. The zero-order chi connectivity index (χ0) is 14.0. The average Bonchev–Trinajstić information content (AvgIpc) is 2.24. The predicted octanol–water partition coefficient (Wildman–Crippen LogP) is 0.856. The molecule has 0 aliphatic carbocycles. The molecule has 1 heterocycles. The Morgan fingerprint density at radius 3 is 2.50 bits per heavy atom.